The highest BCUT2D eigenvalue weighted by molar-refractivity contribution is 5.15. The molecule has 1 unspecified atom stereocenters. The summed E-state index contributed by atoms with van der Waals surface area (Å²) in [6.07, 6.45) is 4.75. The van der Waals surface area contributed by atoms with Gasteiger partial charge in [0.15, 0.2) is 0 Å². The van der Waals surface area contributed by atoms with Gasteiger partial charge in [-0.1, -0.05) is 0 Å². The normalized spacial score (nSPS) is 31.2. The molecule has 0 saturated carbocycles. The number of aromatic nitrogens is 2. The Morgan fingerprint density at radius 2 is 2.11 bits per heavy atom. The van der Waals surface area contributed by atoms with Gasteiger partial charge in [-0.15, -0.1) is 0 Å². The molecule has 0 amide bonds. The lowest BCUT2D eigenvalue weighted by Gasteiger charge is -2.48. The number of piperidine rings is 3. The van der Waals surface area contributed by atoms with E-state index in [-0.39, 0.29) is 0 Å². The van der Waals surface area contributed by atoms with Crippen molar-refractivity contribution in [2.75, 3.05) is 26.7 Å². The van der Waals surface area contributed by atoms with Gasteiger partial charge in [0.1, 0.15) is 0 Å². The van der Waals surface area contributed by atoms with Crippen molar-refractivity contribution in [3.8, 4) is 0 Å². The molecule has 2 bridgehead atoms. The van der Waals surface area contributed by atoms with Gasteiger partial charge in [-0.3, -0.25) is 9.58 Å². The summed E-state index contributed by atoms with van der Waals surface area (Å²) in [5, 5.41) is 4.34. The number of hydrogen-bond acceptors (Lipinski definition) is 3. The van der Waals surface area contributed by atoms with Crippen LogP contribution in [0.15, 0.2) is 6.20 Å². The highest BCUT2D eigenvalue weighted by atomic mass is 15.3. The van der Waals surface area contributed by atoms with Crippen LogP contribution in [0.1, 0.15) is 24.1 Å². The summed E-state index contributed by atoms with van der Waals surface area (Å²) in [5.74, 6) is 0.911. The monoisotopic (exact) mass is 248 g/mol. The van der Waals surface area contributed by atoms with Gasteiger partial charge in [0.2, 0.25) is 0 Å². The molecule has 3 aliphatic rings. The molecule has 3 fully saturated rings. The molecule has 0 N–H and O–H groups in total. The van der Waals surface area contributed by atoms with Crippen molar-refractivity contribution in [1.29, 1.82) is 0 Å². The molecule has 3 saturated heterocycles. The molecule has 3 aliphatic heterocycles. The van der Waals surface area contributed by atoms with Gasteiger partial charge in [0.25, 0.3) is 0 Å². The fourth-order valence-electron chi connectivity index (χ4n) is 3.59. The summed E-state index contributed by atoms with van der Waals surface area (Å²) >= 11 is 0. The van der Waals surface area contributed by atoms with E-state index in [1.807, 2.05) is 17.9 Å². The number of nitrogens with zero attached hydrogens (tertiary/aromatic N) is 4. The van der Waals surface area contributed by atoms with Gasteiger partial charge in [-0.25, -0.2) is 0 Å². The minimum Gasteiger partial charge on any atom is -0.302 e. The quantitative estimate of drug-likeness (QED) is 0.805. The first-order chi connectivity index (χ1) is 8.65. The van der Waals surface area contributed by atoms with Gasteiger partial charge in [-0.2, -0.15) is 5.10 Å². The van der Waals surface area contributed by atoms with Crippen molar-refractivity contribution >= 4 is 0 Å². The van der Waals surface area contributed by atoms with E-state index in [0.29, 0.717) is 0 Å². The second kappa shape index (κ2) is 4.67. The van der Waals surface area contributed by atoms with Crippen LogP contribution >= 0.6 is 0 Å². The van der Waals surface area contributed by atoms with Crippen LogP contribution in [0.5, 0.6) is 0 Å². The average Bonchev–Trinajstić information content (AvgIpc) is 2.72. The first kappa shape index (κ1) is 12.2. The summed E-state index contributed by atoms with van der Waals surface area (Å²) < 4.78 is 2.02. The first-order valence-electron chi connectivity index (χ1n) is 7.05. The minimum atomic E-state index is 0.738. The van der Waals surface area contributed by atoms with Crippen molar-refractivity contribution in [2.24, 2.45) is 13.0 Å². The van der Waals surface area contributed by atoms with E-state index in [9.17, 15) is 0 Å². The number of hydrogen-bond donors (Lipinski definition) is 0. The molecule has 0 radical (unpaired) electrons. The van der Waals surface area contributed by atoms with Gasteiger partial charge in [0, 0.05) is 26.2 Å². The maximum Gasteiger partial charge on any atom is 0.0550 e. The van der Waals surface area contributed by atoms with Crippen LogP contribution in [-0.4, -0.2) is 52.3 Å². The van der Waals surface area contributed by atoms with E-state index in [0.717, 1.165) is 18.5 Å². The van der Waals surface area contributed by atoms with Crippen LogP contribution in [0, 0.1) is 12.8 Å². The number of aryl methyl sites for hydroxylation is 2. The summed E-state index contributed by atoms with van der Waals surface area (Å²) in [6.45, 7) is 7.08. The summed E-state index contributed by atoms with van der Waals surface area (Å²) in [6, 6.07) is 0.738. The Bertz CT molecular complexity index is 398. The number of rotatable bonds is 3. The molecule has 0 spiro atoms. The lowest BCUT2D eigenvalue weighted by molar-refractivity contribution is 0.0126. The van der Waals surface area contributed by atoms with Crippen LogP contribution in [-0.2, 0) is 13.6 Å². The fraction of sp³-hybridized carbons (Fsp3) is 0.786. The van der Waals surface area contributed by atoms with Crippen LogP contribution in [0.2, 0.25) is 0 Å². The van der Waals surface area contributed by atoms with Gasteiger partial charge in [0.05, 0.1) is 11.9 Å². The van der Waals surface area contributed by atoms with Gasteiger partial charge < -0.3 is 4.90 Å². The zero-order chi connectivity index (χ0) is 12.7. The topological polar surface area (TPSA) is 24.3 Å². The molecule has 18 heavy (non-hydrogen) atoms. The Morgan fingerprint density at radius 3 is 2.61 bits per heavy atom. The average molecular weight is 248 g/mol. The van der Waals surface area contributed by atoms with Gasteiger partial charge in [-0.05, 0) is 51.4 Å². The maximum atomic E-state index is 4.34. The molecular weight excluding hydrogens is 224 g/mol. The second-order valence-corrected chi connectivity index (χ2v) is 6.02. The molecule has 4 heterocycles. The molecule has 0 aliphatic carbocycles. The van der Waals surface area contributed by atoms with E-state index >= 15 is 0 Å². The first-order valence-corrected chi connectivity index (χ1v) is 7.05. The summed E-state index contributed by atoms with van der Waals surface area (Å²) in [4.78, 5) is 5.16. The number of fused-ring (bicyclic) bond motifs is 3. The predicted molar refractivity (Wildman–Crippen MR) is 72.4 cm³/mol. The molecule has 4 heteroatoms. The zero-order valence-electron chi connectivity index (χ0n) is 11.8. The molecule has 4 nitrogen and oxygen atoms in total. The maximum absolute atomic E-state index is 4.34. The molecule has 4 rings (SSSR count). The van der Waals surface area contributed by atoms with Crippen molar-refractivity contribution in [2.45, 2.75) is 32.4 Å². The standard InChI is InChI=1S/C14H24N4/c1-11-8-15-17(3)13(11)9-16(2)14-10-18-6-4-12(14)5-7-18/h8,12,14H,4-7,9-10H2,1-3H3. The van der Waals surface area contributed by atoms with E-state index in [1.165, 1.54) is 43.7 Å². The third-order valence-electron chi connectivity index (χ3n) is 4.86. The van der Waals surface area contributed by atoms with E-state index < -0.39 is 0 Å². The lowest BCUT2D eigenvalue weighted by Crippen LogP contribution is -2.56. The fourth-order valence-corrected chi connectivity index (χ4v) is 3.59. The summed E-state index contributed by atoms with van der Waals surface area (Å²) in [5.41, 5.74) is 2.67. The molecule has 100 valence electrons. The van der Waals surface area contributed by atoms with Crippen molar-refractivity contribution in [1.82, 2.24) is 19.6 Å². The third-order valence-corrected chi connectivity index (χ3v) is 4.86. The highest BCUT2D eigenvalue weighted by Crippen LogP contribution is 2.31. The van der Waals surface area contributed by atoms with Gasteiger partial charge >= 0.3 is 0 Å². The Labute approximate surface area is 110 Å². The van der Waals surface area contributed by atoms with Crippen LogP contribution < -0.4 is 0 Å². The Morgan fingerprint density at radius 1 is 1.39 bits per heavy atom. The number of likely N-dealkylation sites (N-methyl/N-ethyl adjacent to an activating group) is 1. The molecule has 1 atom stereocenters. The van der Waals surface area contributed by atoms with Crippen molar-refractivity contribution < 1.29 is 0 Å². The smallest absolute Gasteiger partial charge is 0.0550 e. The lowest BCUT2D eigenvalue weighted by atomic mass is 9.83. The van der Waals surface area contributed by atoms with E-state index in [1.54, 1.807) is 0 Å². The minimum absolute atomic E-state index is 0.738. The molecular formula is C14H24N4. The molecule has 1 aromatic heterocycles. The Kier molecular flexibility index (Phi) is 3.16. The van der Waals surface area contributed by atoms with Crippen LogP contribution in [0.25, 0.3) is 0 Å². The van der Waals surface area contributed by atoms with E-state index in [4.69, 9.17) is 0 Å². The largest absolute Gasteiger partial charge is 0.302 e. The van der Waals surface area contributed by atoms with Crippen LogP contribution in [0.3, 0.4) is 0 Å². The summed E-state index contributed by atoms with van der Waals surface area (Å²) in [7, 11) is 4.33. The SMILES string of the molecule is Cc1cnn(C)c1CN(C)C1CN2CCC1CC2. The third kappa shape index (κ3) is 2.08. The van der Waals surface area contributed by atoms with Crippen LogP contribution in [0.4, 0.5) is 0 Å². The second-order valence-electron chi connectivity index (χ2n) is 6.02. The van der Waals surface area contributed by atoms with E-state index in [2.05, 4.69) is 28.9 Å². The predicted octanol–water partition coefficient (Wildman–Crippen LogP) is 1.25. The van der Waals surface area contributed by atoms with Crippen molar-refractivity contribution in [3.05, 3.63) is 17.5 Å². The Balaban J connectivity index is 1.70. The Hall–Kier alpha value is -0.870. The zero-order valence-corrected chi connectivity index (χ0v) is 11.8. The van der Waals surface area contributed by atoms with Crippen molar-refractivity contribution in [3.63, 3.8) is 0 Å². The molecule has 1 aromatic rings. The molecule has 0 aromatic carbocycles. The highest BCUT2D eigenvalue weighted by Gasteiger charge is 2.36.